The summed E-state index contributed by atoms with van der Waals surface area (Å²) in [6, 6.07) is 0. The number of nitrogens with zero attached hydrogens (tertiary/aromatic N) is 1. The zero-order chi connectivity index (χ0) is 8.53. The maximum absolute atomic E-state index is 10.7. The van der Waals surface area contributed by atoms with E-state index in [1.807, 2.05) is 0 Å². The van der Waals surface area contributed by atoms with Crippen LogP contribution in [0.1, 0.15) is 25.7 Å². The number of unbranched alkanes of at least 4 members (excludes halogenated alkanes) is 2. The molecular formula is C7H12N2O2. The van der Waals surface area contributed by atoms with Gasteiger partial charge in [-0.25, -0.2) is 5.43 Å². The van der Waals surface area contributed by atoms with E-state index in [2.05, 4.69) is 17.2 Å². The van der Waals surface area contributed by atoms with Crippen molar-refractivity contribution in [1.82, 2.24) is 5.43 Å². The summed E-state index contributed by atoms with van der Waals surface area (Å²) in [7, 11) is 0. The van der Waals surface area contributed by atoms with Crippen LogP contribution in [0.5, 0.6) is 0 Å². The molecule has 0 rings (SSSR count). The lowest BCUT2D eigenvalue weighted by atomic mass is 10.2. The number of hydrazone groups is 1. The van der Waals surface area contributed by atoms with E-state index in [9.17, 15) is 9.59 Å². The van der Waals surface area contributed by atoms with Gasteiger partial charge in [0.05, 0.1) is 0 Å². The highest BCUT2D eigenvalue weighted by Crippen LogP contribution is 1.96. The summed E-state index contributed by atoms with van der Waals surface area (Å²) in [6.07, 6.45) is 3.26. The molecule has 11 heavy (non-hydrogen) atoms. The monoisotopic (exact) mass is 156 g/mol. The van der Waals surface area contributed by atoms with Crippen molar-refractivity contribution in [2.45, 2.75) is 25.7 Å². The lowest BCUT2D eigenvalue weighted by Crippen LogP contribution is -2.15. The maximum Gasteiger partial charge on any atom is 0.240 e. The van der Waals surface area contributed by atoms with E-state index in [-0.39, 0.29) is 5.91 Å². The highest BCUT2D eigenvalue weighted by molar-refractivity contribution is 5.75. The third kappa shape index (κ3) is 6.70. The first kappa shape index (κ1) is 9.81. The molecule has 0 aliphatic carbocycles. The van der Waals surface area contributed by atoms with Gasteiger partial charge in [-0.2, -0.15) is 5.10 Å². The van der Waals surface area contributed by atoms with Crippen molar-refractivity contribution < 1.29 is 9.59 Å². The summed E-state index contributed by atoms with van der Waals surface area (Å²) in [5.41, 5.74) is 2.21. The van der Waals surface area contributed by atoms with Crippen LogP contribution >= 0.6 is 0 Å². The molecule has 0 saturated heterocycles. The first-order valence-electron chi connectivity index (χ1n) is 3.49. The molecule has 0 aliphatic rings. The molecule has 0 fully saturated rings. The number of amides is 1. The Morgan fingerprint density at radius 2 is 2.27 bits per heavy atom. The second kappa shape index (κ2) is 6.92. The molecule has 0 aromatic carbocycles. The van der Waals surface area contributed by atoms with Gasteiger partial charge in [0.15, 0.2) is 0 Å². The standard InChI is InChI=1S/C7H12N2O2/c1-8-9-7(11)5-3-2-4-6-10/h6H,1-5H2,(H,9,11). The van der Waals surface area contributed by atoms with E-state index in [4.69, 9.17) is 0 Å². The van der Waals surface area contributed by atoms with Crippen LogP contribution in [0.25, 0.3) is 0 Å². The van der Waals surface area contributed by atoms with Crippen LogP contribution in [-0.4, -0.2) is 18.9 Å². The highest BCUT2D eigenvalue weighted by Gasteiger charge is 1.97. The van der Waals surface area contributed by atoms with Gasteiger partial charge in [0.2, 0.25) is 5.91 Å². The molecule has 1 N–H and O–H groups in total. The summed E-state index contributed by atoms with van der Waals surface area (Å²) in [5.74, 6) is -0.147. The Labute approximate surface area is 65.7 Å². The number of nitrogens with one attached hydrogen (secondary N) is 1. The zero-order valence-corrected chi connectivity index (χ0v) is 6.38. The normalized spacial score (nSPS) is 8.73. The first-order valence-corrected chi connectivity index (χ1v) is 3.49. The van der Waals surface area contributed by atoms with Gasteiger partial charge in [-0.15, -0.1) is 0 Å². The third-order valence-corrected chi connectivity index (χ3v) is 1.18. The van der Waals surface area contributed by atoms with E-state index < -0.39 is 0 Å². The molecule has 0 saturated carbocycles. The SMILES string of the molecule is C=NNC(=O)CCCCC=O. The third-order valence-electron chi connectivity index (χ3n) is 1.18. The molecule has 62 valence electrons. The number of carbonyl (C=O) groups excluding carboxylic acids is 2. The Hall–Kier alpha value is -1.19. The summed E-state index contributed by atoms with van der Waals surface area (Å²) >= 11 is 0. The molecule has 0 heterocycles. The largest absolute Gasteiger partial charge is 0.303 e. The van der Waals surface area contributed by atoms with Crippen LogP contribution in [0.2, 0.25) is 0 Å². The molecule has 0 atom stereocenters. The van der Waals surface area contributed by atoms with Crippen LogP contribution in [-0.2, 0) is 9.59 Å². The maximum atomic E-state index is 10.7. The molecular weight excluding hydrogens is 144 g/mol. The smallest absolute Gasteiger partial charge is 0.240 e. The average molecular weight is 156 g/mol. The Morgan fingerprint density at radius 1 is 1.55 bits per heavy atom. The van der Waals surface area contributed by atoms with Crippen LogP contribution in [0.4, 0.5) is 0 Å². The number of carbonyl (C=O) groups is 2. The molecule has 4 nitrogen and oxygen atoms in total. The van der Waals surface area contributed by atoms with Crippen molar-refractivity contribution in [3.63, 3.8) is 0 Å². The topological polar surface area (TPSA) is 58.5 Å². The van der Waals surface area contributed by atoms with E-state index in [0.29, 0.717) is 12.8 Å². The summed E-state index contributed by atoms with van der Waals surface area (Å²) < 4.78 is 0. The second-order valence-corrected chi connectivity index (χ2v) is 2.11. The van der Waals surface area contributed by atoms with Gasteiger partial charge in [-0.1, -0.05) is 0 Å². The van der Waals surface area contributed by atoms with Gasteiger partial charge < -0.3 is 4.79 Å². The lowest BCUT2D eigenvalue weighted by Gasteiger charge is -1.96. The van der Waals surface area contributed by atoms with Crippen LogP contribution in [0, 0.1) is 0 Å². The minimum atomic E-state index is -0.147. The summed E-state index contributed by atoms with van der Waals surface area (Å²) in [5, 5.41) is 3.22. The zero-order valence-electron chi connectivity index (χ0n) is 6.38. The fourth-order valence-electron chi connectivity index (χ4n) is 0.657. The Kier molecular flexibility index (Phi) is 6.17. The first-order chi connectivity index (χ1) is 5.31. The van der Waals surface area contributed by atoms with Gasteiger partial charge in [0, 0.05) is 19.6 Å². The van der Waals surface area contributed by atoms with E-state index >= 15 is 0 Å². The number of hydrogen-bond acceptors (Lipinski definition) is 3. The van der Waals surface area contributed by atoms with Crippen molar-refractivity contribution in [1.29, 1.82) is 0 Å². The van der Waals surface area contributed by atoms with Gasteiger partial charge in [-0.05, 0) is 12.8 Å². The molecule has 0 aromatic rings. The van der Waals surface area contributed by atoms with Gasteiger partial charge >= 0.3 is 0 Å². The summed E-state index contributed by atoms with van der Waals surface area (Å²) in [6.45, 7) is 3.11. The minimum absolute atomic E-state index is 0.147. The fraction of sp³-hybridized carbons (Fsp3) is 0.571. The quantitative estimate of drug-likeness (QED) is 0.263. The van der Waals surface area contributed by atoms with Crippen molar-refractivity contribution in [2.75, 3.05) is 0 Å². The predicted molar refractivity (Wildman–Crippen MR) is 42.2 cm³/mol. The van der Waals surface area contributed by atoms with E-state index in [1.165, 1.54) is 0 Å². The summed E-state index contributed by atoms with van der Waals surface area (Å²) in [4.78, 5) is 20.5. The fourth-order valence-corrected chi connectivity index (χ4v) is 0.657. The Morgan fingerprint density at radius 3 is 2.82 bits per heavy atom. The van der Waals surface area contributed by atoms with E-state index in [0.717, 1.165) is 19.1 Å². The number of rotatable bonds is 6. The van der Waals surface area contributed by atoms with Crippen LogP contribution < -0.4 is 5.43 Å². The average Bonchev–Trinajstić information content (AvgIpc) is 1.99. The number of aldehydes is 1. The van der Waals surface area contributed by atoms with E-state index in [1.54, 1.807) is 0 Å². The van der Waals surface area contributed by atoms with Gasteiger partial charge in [0.25, 0.3) is 0 Å². The van der Waals surface area contributed by atoms with Crippen molar-refractivity contribution in [3.05, 3.63) is 0 Å². The Balaban J connectivity index is 3.16. The molecule has 0 radical (unpaired) electrons. The molecule has 0 bridgehead atoms. The predicted octanol–water partition coefficient (Wildman–Crippen LogP) is 0.478. The van der Waals surface area contributed by atoms with Crippen molar-refractivity contribution in [3.8, 4) is 0 Å². The molecule has 0 aromatic heterocycles. The lowest BCUT2D eigenvalue weighted by molar-refractivity contribution is -0.121. The highest BCUT2D eigenvalue weighted by atomic mass is 16.2. The van der Waals surface area contributed by atoms with Crippen LogP contribution in [0.15, 0.2) is 5.10 Å². The second-order valence-electron chi connectivity index (χ2n) is 2.11. The van der Waals surface area contributed by atoms with Crippen molar-refractivity contribution >= 4 is 18.9 Å². The molecule has 0 spiro atoms. The number of hydrogen-bond donors (Lipinski definition) is 1. The molecule has 0 aliphatic heterocycles. The van der Waals surface area contributed by atoms with Crippen molar-refractivity contribution in [2.24, 2.45) is 5.10 Å². The molecule has 4 heteroatoms. The molecule has 1 amide bonds. The van der Waals surface area contributed by atoms with Gasteiger partial charge in [0.1, 0.15) is 6.29 Å². The molecule has 0 unspecified atom stereocenters. The van der Waals surface area contributed by atoms with Crippen LogP contribution in [0.3, 0.4) is 0 Å². The minimum Gasteiger partial charge on any atom is -0.303 e. The Bertz CT molecular complexity index is 145. The van der Waals surface area contributed by atoms with Gasteiger partial charge in [-0.3, -0.25) is 4.79 Å².